The number of rotatable bonds is 2. The van der Waals surface area contributed by atoms with Gasteiger partial charge in [-0.1, -0.05) is 0 Å². The minimum absolute atomic E-state index is 0.0738. The van der Waals surface area contributed by atoms with E-state index >= 15 is 0 Å². The molecule has 13 heavy (non-hydrogen) atoms. The summed E-state index contributed by atoms with van der Waals surface area (Å²) in [5, 5.41) is 12.7. The van der Waals surface area contributed by atoms with Crippen LogP contribution in [0.1, 0.15) is 11.3 Å². The smallest absolute Gasteiger partial charge is 0.282 e. The molecule has 0 amide bonds. The fourth-order valence-corrected chi connectivity index (χ4v) is 0.814. The SMILES string of the molecule is Cc1cc(O)oc1C=NNC(N)=S. The van der Waals surface area contributed by atoms with Gasteiger partial charge < -0.3 is 15.3 Å². The average molecular weight is 199 g/mol. The molecule has 0 saturated heterocycles. The number of furan rings is 1. The second-order valence-electron chi connectivity index (χ2n) is 2.37. The molecule has 0 saturated carbocycles. The highest BCUT2D eigenvalue weighted by Gasteiger charge is 2.02. The highest BCUT2D eigenvalue weighted by Crippen LogP contribution is 2.17. The number of nitrogens with zero attached hydrogens (tertiary/aromatic N) is 1. The van der Waals surface area contributed by atoms with Crippen LogP contribution in [0, 0.1) is 6.92 Å². The molecule has 0 unspecified atom stereocenters. The van der Waals surface area contributed by atoms with E-state index in [-0.39, 0.29) is 11.1 Å². The third-order valence-electron chi connectivity index (χ3n) is 1.30. The first-order valence-corrected chi connectivity index (χ1v) is 3.88. The maximum Gasteiger partial charge on any atom is 0.282 e. The van der Waals surface area contributed by atoms with Gasteiger partial charge in [-0.3, -0.25) is 5.43 Å². The van der Waals surface area contributed by atoms with E-state index in [0.717, 1.165) is 5.56 Å². The summed E-state index contributed by atoms with van der Waals surface area (Å²) in [7, 11) is 0. The van der Waals surface area contributed by atoms with Gasteiger partial charge in [0.2, 0.25) is 0 Å². The van der Waals surface area contributed by atoms with Crippen LogP contribution in [-0.4, -0.2) is 16.4 Å². The average Bonchev–Trinajstić information content (AvgIpc) is 2.29. The maximum absolute atomic E-state index is 8.94. The molecule has 0 aliphatic heterocycles. The van der Waals surface area contributed by atoms with E-state index in [9.17, 15) is 0 Å². The molecular weight excluding hydrogens is 190 g/mol. The number of hydrogen-bond acceptors (Lipinski definition) is 4. The second kappa shape index (κ2) is 3.90. The van der Waals surface area contributed by atoms with Crippen LogP contribution < -0.4 is 11.2 Å². The Bertz CT molecular complexity index is 346. The fraction of sp³-hybridized carbons (Fsp3) is 0.143. The number of thiocarbonyl (C=S) groups is 1. The van der Waals surface area contributed by atoms with Crippen LogP contribution >= 0.6 is 12.2 Å². The Morgan fingerprint density at radius 1 is 1.85 bits per heavy atom. The van der Waals surface area contributed by atoms with E-state index in [1.807, 2.05) is 0 Å². The van der Waals surface area contributed by atoms with Gasteiger partial charge in [0.15, 0.2) is 10.9 Å². The van der Waals surface area contributed by atoms with Crippen molar-refractivity contribution >= 4 is 23.5 Å². The van der Waals surface area contributed by atoms with Crippen molar-refractivity contribution in [3.05, 3.63) is 17.4 Å². The normalized spacial score (nSPS) is 10.5. The summed E-state index contributed by atoms with van der Waals surface area (Å²) in [6, 6.07) is 1.49. The molecule has 1 aromatic heterocycles. The van der Waals surface area contributed by atoms with E-state index in [1.54, 1.807) is 6.92 Å². The van der Waals surface area contributed by atoms with Gasteiger partial charge in [-0.15, -0.1) is 0 Å². The lowest BCUT2D eigenvalue weighted by Gasteiger charge is -1.92. The standard InChI is InChI=1S/C7H9N3O2S/c1-4-2-6(11)12-5(4)3-9-10-7(8)13/h2-3,11H,1H3,(H3,8,10,13). The van der Waals surface area contributed by atoms with Gasteiger partial charge in [0.05, 0.1) is 6.21 Å². The highest BCUT2D eigenvalue weighted by atomic mass is 32.1. The highest BCUT2D eigenvalue weighted by molar-refractivity contribution is 7.80. The molecule has 0 fully saturated rings. The van der Waals surface area contributed by atoms with Crippen molar-refractivity contribution in [3.8, 4) is 5.95 Å². The molecule has 0 aromatic carbocycles. The van der Waals surface area contributed by atoms with E-state index in [0.29, 0.717) is 5.76 Å². The first-order valence-electron chi connectivity index (χ1n) is 3.47. The zero-order chi connectivity index (χ0) is 9.84. The molecule has 5 nitrogen and oxygen atoms in total. The summed E-state index contributed by atoms with van der Waals surface area (Å²) in [4.78, 5) is 0. The van der Waals surface area contributed by atoms with Crippen molar-refractivity contribution in [1.82, 2.24) is 5.43 Å². The van der Waals surface area contributed by atoms with Crippen LogP contribution in [-0.2, 0) is 0 Å². The van der Waals surface area contributed by atoms with Crippen molar-refractivity contribution in [2.24, 2.45) is 10.8 Å². The van der Waals surface area contributed by atoms with Gasteiger partial charge in [0.1, 0.15) is 0 Å². The lowest BCUT2D eigenvalue weighted by atomic mass is 10.3. The largest absolute Gasteiger partial charge is 0.481 e. The van der Waals surface area contributed by atoms with Gasteiger partial charge in [-0.2, -0.15) is 5.10 Å². The van der Waals surface area contributed by atoms with Crippen LogP contribution in [0.25, 0.3) is 0 Å². The predicted octanol–water partition coefficient (Wildman–Crippen LogP) is 0.461. The first kappa shape index (κ1) is 9.53. The Labute approximate surface area is 80.2 Å². The van der Waals surface area contributed by atoms with Crippen LogP contribution in [0.5, 0.6) is 5.95 Å². The monoisotopic (exact) mass is 199 g/mol. The zero-order valence-electron chi connectivity index (χ0n) is 6.94. The van der Waals surface area contributed by atoms with Crippen molar-refractivity contribution in [2.45, 2.75) is 6.92 Å². The summed E-state index contributed by atoms with van der Waals surface area (Å²) in [6.45, 7) is 1.78. The van der Waals surface area contributed by atoms with E-state index in [4.69, 9.17) is 15.3 Å². The van der Waals surface area contributed by atoms with Gasteiger partial charge in [-0.05, 0) is 19.1 Å². The van der Waals surface area contributed by atoms with E-state index in [1.165, 1.54) is 12.3 Å². The Balaban J connectivity index is 2.68. The molecule has 70 valence electrons. The van der Waals surface area contributed by atoms with Crippen LogP contribution in [0.3, 0.4) is 0 Å². The Morgan fingerprint density at radius 2 is 2.54 bits per heavy atom. The number of hydrogen-bond donors (Lipinski definition) is 3. The number of nitrogens with two attached hydrogens (primary N) is 1. The van der Waals surface area contributed by atoms with Crippen LogP contribution in [0.2, 0.25) is 0 Å². The molecule has 0 spiro atoms. The number of aryl methyl sites for hydroxylation is 1. The summed E-state index contributed by atoms with van der Waals surface area (Å²) in [6.07, 6.45) is 1.38. The molecule has 6 heteroatoms. The Kier molecular flexibility index (Phi) is 2.86. The molecule has 0 bridgehead atoms. The fourth-order valence-electron chi connectivity index (χ4n) is 0.762. The maximum atomic E-state index is 8.94. The van der Waals surface area contributed by atoms with Gasteiger partial charge in [-0.25, -0.2) is 0 Å². The lowest BCUT2D eigenvalue weighted by Crippen LogP contribution is -2.23. The molecule has 1 aromatic rings. The lowest BCUT2D eigenvalue weighted by molar-refractivity contribution is 0.331. The van der Waals surface area contributed by atoms with Crippen LogP contribution in [0.15, 0.2) is 15.6 Å². The molecule has 1 heterocycles. The number of aromatic hydroxyl groups is 1. The molecule has 0 radical (unpaired) electrons. The topological polar surface area (TPSA) is 83.8 Å². The third-order valence-corrected chi connectivity index (χ3v) is 1.39. The number of nitrogens with one attached hydrogen (secondary N) is 1. The number of hydrazone groups is 1. The van der Waals surface area contributed by atoms with Crippen molar-refractivity contribution in [3.63, 3.8) is 0 Å². The summed E-state index contributed by atoms with van der Waals surface area (Å²) in [5.41, 5.74) is 8.28. The van der Waals surface area contributed by atoms with Crippen molar-refractivity contribution in [1.29, 1.82) is 0 Å². The van der Waals surface area contributed by atoms with Gasteiger partial charge >= 0.3 is 0 Å². The van der Waals surface area contributed by atoms with Gasteiger partial charge in [0, 0.05) is 11.6 Å². The van der Waals surface area contributed by atoms with E-state index < -0.39 is 0 Å². The van der Waals surface area contributed by atoms with Gasteiger partial charge in [0.25, 0.3) is 5.95 Å². The summed E-state index contributed by atoms with van der Waals surface area (Å²) < 4.78 is 4.88. The van der Waals surface area contributed by atoms with Crippen molar-refractivity contribution < 1.29 is 9.52 Å². The molecule has 0 aliphatic rings. The summed E-state index contributed by atoms with van der Waals surface area (Å²) in [5.74, 6) is 0.315. The predicted molar refractivity (Wildman–Crippen MR) is 52.6 cm³/mol. The second-order valence-corrected chi connectivity index (χ2v) is 2.81. The Morgan fingerprint density at radius 3 is 3.00 bits per heavy atom. The quantitative estimate of drug-likeness (QED) is 0.366. The van der Waals surface area contributed by atoms with Crippen molar-refractivity contribution in [2.75, 3.05) is 0 Å². The van der Waals surface area contributed by atoms with Crippen LogP contribution in [0.4, 0.5) is 0 Å². The van der Waals surface area contributed by atoms with E-state index in [2.05, 4.69) is 22.7 Å². The molecule has 4 N–H and O–H groups in total. The molecular formula is C7H9N3O2S. The molecule has 0 aliphatic carbocycles. The first-order chi connectivity index (χ1) is 6.09. The third kappa shape index (κ3) is 2.75. The Hall–Kier alpha value is -1.56. The molecule has 0 atom stereocenters. The summed E-state index contributed by atoms with van der Waals surface area (Å²) >= 11 is 4.52. The molecule has 1 rings (SSSR count). The minimum atomic E-state index is -0.144. The minimum Gasteiger partial charge on any atom is -0.481 e. The zero-order valence-corrected chi connectivity index (χ0v) is 7.76.